The topological polar surface area (TPSA) is 58.6 Å². The fourth-order valence-electron chi connectivity index (χ4n) is 3.90. The molecule has 1 aromatic rings. The van der Waals surface area contributed by atoms with E-state index in [0.29, 0.717) is 12.8 Å². The van der Waals surface area contributed by atoms with E-state index in [9.17, 15) is 22.8 Å². The Hall–Kier alpha value is -2.35. The fourth-order valence-corrected chi connectivity index (χ4v) is 3.90. The SMILES string of the molecule is C=CCNC(=O)C1COC2(CCCCC2)N1C(=O)c1ccc(C(F)(F)F)cc1. The first kappa shape index (κ1) is 20.4. The highest BCUT2D eigenvalue weighted by Gasteiger charge is 2.52. The lowest BCUT2D eigenvalue weighted by molar-refractivity contribution is -0.137. The van der Waals surface area contributed by atoms with Gasteiger partial charge in [0.25, 0.3) is 5.91 Å². The normalized spacial score (nSPS) is 21.5. The van der Waals surface area contributed by atoms with Gasteiger partial charge in [0.1, 0.15) is 11.8 Å². The third-order valence-corrected chi connectivity index (χ3v) is 5.30. The van der Waals surface area contributed by atoms with Crippen molar-refractivity contribution in [2.75, 3.05) is 13.2 Å². The van der Waals surface area contributed by atoms with E-state index in [0.717, 1.165) is 43.5 Å². The molecule has 0 radical (unpaired) electrons. The Morgan fingerprint density at radius 3 is 2.43 bits per heavy atom. The van der Waals surface area contributed by atoms with Crippen LogP contribution in [0.25, 0.3) is 0 Å². The summed E-state index contributed by atoms with van der Waals surface area (Å²) in [5.41, 5.74) is -1.60. The van der Waals surface area contributed by atoms with Crippen LogP contribution in [0, 0.1) is 0 Å². The van der Waals surface area contributed by atoms with Gasteiger partial charge in [-0.1, -0.05) is 12.5 Å². The third-order valence-electron chi connectivity index (χ3n) is 5.30. The van der Waals surface area contributed by atoms with Crippen LogP contribution in [0.2, 0.25) is 0 Å². The molecule has 5 nitrogen and oxygen atoms in total. The number of alkyl halides is 3. The van der Waals surface area contributed by atoms with Gasteiger partial charge in [-0.15, -0.1) is 6.58 Å². The standard InChI is InChI=1S/C20H23F3N2O3/c1-2-12-24-17(26)16-13-28-19(10-4-3-5-11-19)25(16)18(27)14-6-8-15(9-7-14)20(21,22)23/h2,6-9,16H,1,3-5,10-13H2,(H,24,26). The molecular formula is C20H23F3N2O3. The molecule has 0 aromatic heterocycles. The number of ether oxygens (including phenoxy) is 1. The number of nitrogens with one attached hydrogen (secondary N) is 1. The predicted molar refractivity (Wildman–Crippen MR) is 96.4 cm³/mol. The maximum absolute atomic E-state index is 13.2. The average Bonchev–Trinajstić information content (AvgIpc) is 3.04. The van der Waals surface area contributed by atoms with E-state index < -0.39 is 29.4 Å². The molecule has 1 aliphatic carbocycles. The quantitative estimate of drug-likeness (QED) is 0.793. The van der Waals surface area contributed by atoms with Crippen LogP contribution >= 0.6 is 0 Å². The highest BCUT2D eigenvalue weighted by Crippen LogP contribution is 2.41. The minimum Gasteiger partial charge on any atom is -0.353 e. The summed E-state index contributed by atoms with van der Waals surface area (Å²) in [6.45, 7) is 3.87. The van der Waals surface area contributed by atoms with Crippen LogP contribution in [-0.2, 0) is 15.7 Å². The summed E-state index contributed by atoms with van der Waals surface area (Å²) < 4.78 is 44.4. The van der Waals surface area contributed by atoms with Crippen LogP contribution in [0.3, 0.4) is 0 Å². The van der Waals surface area contributed by atoms with Crippen molar-refractivity contribution in [1.82, 2.24) is 10.2 Å². The molecule has 3 rings (SSSR count). The van der Waals surface area contributed by atoms with E-state index in [2.05, 4.69) is 11.9 Å². The number of hydrogen-bond donors (Lipinski definition) is 1. The largest absolute Gasteiger partial charge is 0.416 e. The molecule has 152 valence electrons. The molecule has 2 amide bonds. The van der Waals surface area contributed by atoms with Crippen molar-refractivity contribution in [3.8, 4) is 0 Å². The minimum absolute atomic E-state index is 0.0648. The second kappa shape index (κ2) is 7.95. The van der Waals surface area contributed by atoms with Gasteiger partial charge in [-0.05, 0) is 49.9 Å². The van der Waals surface area contributed by atoms with E-state index in [4.69, 9.17) is 4.74 Å². The Morgan fingerprint density at radius 1 is 1.21 bits per heavy atom. The maximum atomic E-state index is 13.2. The van der Waals surface area contributed by atoms with E-state index in [1.54, 1.807) is 0 Å². The van der Waals surface area contributed by atoms with E-state index in [-0.39, 0.29) is 24.6 Å². The average molecular weight is 396 g/mol. The number of benzene rings is 1. The van der Waals surface area contributed by atoms with Crippen LogP contribution in [0.4, 0.5) is 13.2 Å². The highest BCUT2D eigenvalue weighted by molar-refractivity contribution is 5.98. The van der Waals surface area contributed by atoms with Crippen LogP contribution < -0.4 is 5.32 Å². The van der Waals surface area contributed by atoms with Gasteiger partial charge in [0, 0.05) is 12.1 Å². The van der Waals surface area contributed by atoms with Gasteiger partial charge in [-0.25, -0.2) is 0 Å². The van der Waals surface area contributed by atoms with Crippen LogP contribution in [0.15, 0.2) is 36.9 Å². The number of nitrogens with zero attached hydrogens (tertiary/aromatic N) is 1. The van der Waals surface area contributed by atoms with Crippen molar-refractivity contribution in [3.05, 3.63) is 48.0 Å². The molecule has 28 heavy (non-hydrogen) atoms. The number of rotatable bonds is 4. The number of hydrogen-bond acceptors (Lipinski definition) is 3. The van der Waals surface area contributed by atoms with Gasteiger partial charge < -0.3 is 10.1 Å². The van der Waals surface area contributed by atoms with Crippen molar-refractivity contribution in [2.24, 2.45) is 0 Å². The van der Waals surface area contributed by atoms with Gasteiger partial charge in [-0.3, -0.25) is 14.5 Å². The molecule has 1 N–H and O–H groups in total. The van der Waals surface area contributed by atoms with Crippen molar-refractivity contribution in [3.63, 3.8) is 0 Å². The lowest BCUT2D eigenvalue weighted by atomic mass is 9.89. The van der Waals surface area contributed by atoms with Crippen molar-refractivity contribution in [1.29, 1.82) is 0 Å². The molecule has 1 atom stereocenters. The first-order valence-electron chi connectivity index (χ1n) is 9.32. The van der Waals surface area contributed by atoms with Crippen LogP contribution in [0.5, 0.6) is 0 Å². The minimum atomic E-state index is -4.48. The summed E-state index contributed by atoms with van der Waals surface area (Å²) in [4.78, 5) is 27.3. The van der Waals surface area contributed by atoms with Crippen molar-refractivity contribution < 1.29 is 27.5 Å². The molecule has 1 unspecified atom stereocenters. The zero-order valence-electron chi connectivity index (χ0n) is 15.4. The predicted octanol–water partition coefficient (Wildman–Crippen LogP) is 3.51. The van der Waals surface area contributed by atoms with Gasteiger partial charge in [0.05, 0.1) is 12.2 Å². The Bertz CT molecular complexity index is 740. The first-order valence-corrected chi connectivity index (χ1v) is 9.32. The van der Waals surface area contributed by atoms with Crippen molar-refractivity contribution >= 4 is 11.8 Å². The number of carbonyl (C=O) groups excluding carboxylic acids is 2. The van der Waals surface area contributed by atoms with Gasteiger partial charge >= 0.3 is 6.18 Å². The monoisotopic (exact) mass is 396 g/mol. The summed E-state index contributed by atoms with van der Waals surface area (Å²) in [5.74, 6) is -0.852. The summed E-state index contributed by atoms with van der Waals surface area (Å²) in [6, 6.07) is 3.24. The molecule has 1 aliphatic heterocycles. The van der Waals surface area contributed by atoms with E-state index >= 15 is 0 Å². The van der Waals surface area contributed by atoms with E-state index in [1.165, 1.54) is 11.0 Å². The molecule has 1 saturated carbocycles. The molecule has 8 heteroatoms. The summed E-state index contributed by atoms with van der Waals surface area (Å²) in [7, 11) is 0. The lowest BCUT2D eigenvalue weighted by Gasteiger charge is -2.41. The van der Waals surface area contributed by atoms with Gasteiger partial charge in [0.2, 0.25) is 5.91 Å². The number of halogens is 3. The molecule has 0 bridgehead atoms. The zero-order chi connectivity index (χ0) is 20.4. The van der Waals surface area contributed by atoms with E-state index in [1.807, 2.05) is 0 Å². The molecule has 2 fully saturated rings. The summed E-state index contributed by atoms with van der Waals surface area (Å²) in [5, 5.41) is 2.68. The number of carbonyl (C=O) groups is 2. The first-order chi connectivity index (χ1) is 13.3. The van der Waals surface area contributed by atoms with Crippen LogP contribution in [-0.4, -0.2) is 41.6 Å². The molecule has 2 aliphatic rings. The van der Waals surface area contributed by atoms with Crippen molar-refractivity contribution in [2.45, 2.75) is 50.0 Å². The molecule has 1 heterocycles. The molecular weight excluding hydrogens is 373 g/mol. The van der Waals surface area contributed by atoms with Gasteiger partial charge in [0.15, 0.2) is 0 Å². The molecule has 1 saturated heterocycles. The lowest BCUT2D eigenvalue weighted by Crippen LogP contribution is -2.56. The van der Waals surface area contributed by atoms with Crippen LogP contribution in [0.1, 0.15) is 48.0 Å². The molecule has 1 spiro atoms. The maximum Gasteiger partial charge on any atom is 0.416 e. The smallest absolute Gasteiger partial charge is 0.353 e. The van der Waals surface area contributed by atoms with Gasteiger partial charge in [-0.2, -0.15) is 13.2 Å². The number of amides is 2. The zero-order valence-corrected chi connectivity index (χ0v) is 15.4. The second-order valence-corrected chi connectivity index (χ2v) is 7.12. The second-order valence-electron chi connectivity index (χ2n) is 7.12. The Morgan fingerprint density at radius 2 is 1.86 bits per heavy atom. The summed E-state index contributed by atoms with van der Waals surface area (Å²) >= 11 is 0. The highest BCUT2D eigenvalue weighted by atomic mass is 19.4. The summed E-state index contributed by atoms with van der Waals surface area (Å²) in [6.07, 6.45) is 0.994. The Balaban J connectivity index is 1.90. The third kappa shape index (κ3) is 3.92. The molecule has 1 aromatic carbocycles. The fraction of sp³-hybridized carbons (Fsp3) is 0.500. The Kier molecular flexibility index (Phi) is 5.79. The Labute approximate surface area is 161 Å².